The van der Waals surface area contributed by atoms with Gasteiger partial charge in [-0.1, -0.05) is 41.9 Å². The van der Waals surface area contributed by atoms with E-state index in [1.54, 1.807) is 12.3 Å². The van der Waals surface area contributed by atoms with Crippen LogP contribution in [-0.4, -0.2) is 15.0 Å². The van der Waals surface area contributed by atoms with E-state index in [4.69, 9.17) is 11.6 Å². The van der Waals surface area contributed by atoms with Gasteiger partial charge in [0.1, 0.15) is 5.56 Å². The summed E-state index contributed by atoms with van der Waals surface area (Å²) >= 11 is 6.37. The van der Waals surface area contributed by atoms with Crippen LogP contribution < -0.4 is 5.43 Å². The number of pyridine rings is 1. The molecule has 2 aromatic carbocycles. The Kier molecular flexibility index (Phi) is 3.18. The summed E-state index contributed by atoms with van der Waals surface area (Å²) < 4.78 is 3.55. The zero-order valence-corrected chi connectivity index (χ0v) is 14.4. The number of halogens is 1. The number of hydrogen-bond acceptors (Lipinski definition) is 2. The van der Waals surface area contributed by atoms with Crippen LogP contribution in [0.15, 0.2) is 71.7 Å². The molecule has 0 aliphatic carbocycles. The molecule has 0 N–H and O–H groups in total. The van der Waals surface area contributed by atoms with Crippen LogP contribution >= 0.6 is 11.6 Å². The first kappa shape index (κ1) is 15.2. The van der Waals surface area contributed by atoms with Crippen molar-refractivity contribution in [3.63, 3.8) is 0 Å². The minimum absolute atomic E-state index is 0.222. The topological polar surface area (TPSA) is 44.0 Å². The molecule has 0 unspecified atom stereocenters. The third-order valence-electron chi connectivity index (χ3n) is 4.88. The molecule has 0 saturated heterocycles. The van der Waals surface area contributed by atoms with E-state index in [9.17, 15) is 9.59 Å². The Balaban J connectivity index is 1.90. The van der Waals surface area contributed by atoms with E-state index >= 15 is 0 Å². The lowest BCUT2D eigenvalue weighted by atomic mass is 10.1. The largest absolute Gasteiger partial charge is 0.334 e. The molecule has 0 spiro atoms. The molecule has 0 radical (unpaired) electrons. The summed E-state index contributed by atoms with van der Waals surface area (Å²) in [6.07, 6.45) is 1.70. The van der Waals surface area contributed by atoms with E-state index in [1.807, 2.05) is 59.2 Å². The zero-order valence-electron chi connectivity index (χ0n) is 13.6. The fourth-order valence-electron chi connectivity index (χ4n) is 3.70. The molecule has 2 aromatic heterocycles. The summed E-state index contributed by atoms with van der Waals surface area (Å²) in [6.45, 7) is 0.473. The number of rotatable bonds is 2. The Morgan fingerprint density at radius 2 is 1.65 bits per heavy atom. The first-order valence-corrected chi connectivity index (χ1v) is 8.66. The zero-order chi connectivity index (χ0) is 17.8. The van der Waals surface area contributed by atoms with Gasteiger partial charge in [-0.05, 0) is 35.9 Å². The number of aromatic nitrogens is 2. The van der Waals surface area contributed by atoms with Gasteiger partial charge < -0.3 is 4.57 Å². The second kappa shape index (κ2) is 5.44. The van der Waals surface area contributed by atoms with Crippen LogP contribution in [0.3, 0.4) is 0 Å². The van der Waals surface area contributed by atoms with Gasteiger partial charge in [0.15, 0.2) is 0 Å². The van der Waals surface area contributed by atoms with Crippen LogP contribution in [-0.2, 0) is 6.54 Å². The molecule has 4 nitrogen and oxygen atoms in total. The highest BCUT2D eigenvalue weighted by Gasteiger charge is 2.32. The molecule has 0 amide bonds. The molecule has 3 heterocycles. The van der Waals surface area contributed by atoms with E-state index in [1.165, 1.54) is 4.57 Å². The smallest absolute Gasteiger partial charge is 0.268 e. The molecule has 0 bridgehead atoms. The van der Waals surface area contributed by atoms with Crippen molar-refractivity contribution in [2.24, 2.45) is 0 Å². The van der Waals surface area contributed by atoms with Crippen LogP contribution in [0, 0.1) is 0 Å². The van der Waals surface area contributed by atoms with Crippen molar-refractivity contribution in [1.29, 1.82) is 0 Å². The maximum Gasteiger partial charge on any atom is 0.268 e. The van der Waals surface area contributed by atoms with Crippen molar-refractivity contribution in [2.45, 2.75) is 6.54 Å². The van der Waals surface area contributed by atoms with E-state index in [-0.39, 0.29) is 16.9 Å². The van der Waals surface area contributed by atoms with Crippen LogP contribution in [0.4, 0.5) is 0 Å². The third kappa shape index (κ3) is 1.96. The van der Waals surface area contributed by atoms with Gasteiger partial charge in [0.05, 0.1) is 16.9 Å². The first-order valence-electron chi connectivity index (χ1n) is 8.28. The van der Waals surface area contributed by atoms with E-state index in [2.05, 4.69) is 0 Å². The number of nitrogens with zero attached hydrogens (tertiary/aromatic N) is 2. The average Bonchev–Trinajstić information content (AvgIpc) is 3.23. The number of benzene rings is 2. The fraction of sp³-hybridized carbons (Fsp3) is 0.0476. The molecule has 126 valence electrons. The van der Waals surface area contributed by atoms with Crippen molar-refractivity contribution < 1.29 is 4.79 Å². The van der Waals surface area contributed by atoms with Gasteiger partial charge >= 0.3 is 0 Å². The fourth-order valence-corrected chi connectivity index (χ4v) is 3.89. The molecule has 1 aliphatic rings. The highest BCUT2D eigenvalue weighted by Crippen LogP contribution is 2.34. The predicted molar refractivity (Wildman–Crippen MR) is 102 cm³/mol. The van der Waals surface area contributed by atoms with Crippen molar-refractivity contribution >= 4 is 28.4 Å². The van der Waals surface area contributed by atoms with Gasteiger partial charge in [0.25, 0.3) is 5.91 Å². The number of hydrogen-bond donors (Lipinski definition) is 0. The Labute approximate surface area is 153 Å². The molecular weight excluding hydrogens is 348 g/mol. The number of para-hydroxylation sites is 1. The van der Waals surface area contributed by atoms with Gasteiger partial charge in [-0.3, -0.25) is 14.2 Å². The van der Waals surface area contributed by atoms with Gasteiger partial charge in [-0.2, -0.15) is 0 Å². The maximum atomic E-state index is 13.0. The second-order valence-electron chi connectivity index (χ2n) is 6.32. The van der Waals surface area contributed by atoms with Gasteiger partial charge in [-0.25, -0.2) is 0 Å². The Morgan fingerprint density at radius 3 is 2.50 bits per heavy atom. The Bertz CT molecular complexity index is 1270. The highest BCUT2D eigenvalue weighted by atomic mass is 35.5. The molecule has 5 rings (SSSR count). The van der Waals surface area contributed by atoms with Crippen molar-refractivity contribution in [2.75, 3.05) is 0 Å². The average molecular weight is 361 g/mol. The minimum atomic E-state index is -0.274. The number of carbonyl (C=O) groups excluding carboxylic acids is 1. The summed E-state index contributed by atoms with van der Waals surface area (Å²) in [5, 5.41) is 1.20. The SMILES string of the molecule is O=C1c2c(n(Cc3ccccc3Cl)c3ccccc3c2=O)-c2cccn21. The van der Waals surface area contributed by atoms with E-state index in [0.717, 1.165) is 16.8 Å². The lowest BCUT2D eigenvalue weighted by molar-refractivity contribution is 0.0968. The van der Waals surface area contributed by atoms with Crippen LogP contribution in [0.25, 0.3) is 22.3 Å². The summed E-state index contributed by atoms with van der Waals surface area (Å²) in [5.74, 6) is -0.274. The Morgan fingerprint density at radius 1 is 0.885 bits per heavy atom. The molecule has 5 heteroatoms. The van der Waals surface area contributed by atoms with Gasteiger partial charge in [0.2, 0.25) is 5.43 Å². The molecule has 1 aliphatic heterocycles. The number of fused-ring (bicyclic) bond motifs is 4. The predicted octanol–water partition coefficient (Wildman–Crippen LogP) is 4.17. The van der Waals surface area contributed by atoms with E-state index in [0.29, 0.717) is 22.6 Å². The maximum absolute atomic E-state index is 13.0. The first-order chi connectivity index (χ1) is 12.7. The van der Waals surface area contributed by atoms with E-state index < -0.39 is 0 Å². The summed E-state index contributed by atoms with van der Waals surface area (Å²) in [5.41, 5.74) is 3.12. The standard InChI is InChI=1S/C21H13ClN2O2/c22-15-8-3-1-6-13(15)12-24-16-9-4-2-7-14(16)20(25)18-19(24)17-10-5-11-23(17)21(18)26/h1-11H,12H2. The van der Waals surface area contributed by atoms with Crippen molar-refractivity contribution in [1.82, 2.24) is 9.13 Å². The lowest BCUT2D eigenvalue weighted by Crippen LogP contribution is -2.20. The molecular formula is C21H13ClN2O2. The van der Waals surface area contributed by atoms with Crippen LogP contribution in [0.2, 0.25) is 5.02 Å². The van der Waals surface area contributed by atoms with Gasteiger partial charge in [0, 0.05) is 23.2 Å². The van der Waals surface area contributed by atoms with Crippen molar-refractivity contribution in [3.05, 3.63) is 93.2 Å². The summed E-state index contributed by atoms with van der Waals surface area (Å²) in [4.78, 5) is 25.8. The van der Waals surface area contributed by atoms with Crippen LogP contribution in [0.1, 0.15) is 15.9 Å². The minimum Gasteiger partial charge on any atom is -0.334 e. The molecule has 4 aromatic rings. The normalized spacial score (nSPS) is 12.4. The molecule has 0 atom stereocenters. The quantitative estimate of drug-likeness (QED) is 0.474. The lowest BCUT2D eigenvalue weighted by Gasteiger charge is -2.17. The number of carbonyl (C=O) groups is 1. The molecule has 0 saturated carbocycles. The van der Waals surface area contributed by atoms with Gasteiger partial charge in [-0.15, -0.1) is 0 Å². The third-order valence-corrected chi connectivity index (χ3v) is 5.25. The summed E-state index contributed by atoms with van der Waals surface area (Å²) in [6, 6.07) is 18.7. The summed E-state index contributed by atoms with van der Waals surface area (Å²) in [7, 11) is 0. The highest BCUT2D eigenvalue weighted by molar-refractivity contribution is 6.31. The van der Waals surface area contributed by atoms with Crippen LogP contribution in [0.5, 0.6) is 0 Å². The monoisotopic (exact) mass is 360 g/mol. The molecule has 26 heavy (non-hydrogen) atoms. The van der Waals surface area contributed by atoms with Crippen molar-refractivity contribution in [3.8, 4) is 11.4 Å². The molecule has 0 fully saturated rings. The Hall–Kier alpha value is -3.11. The second-order valence-corrected chi connectivity index (χ2v) is 6.72.